The molecule has 0 bridgehead atoms. The monoisotopic (exact) mass is 447 g/mol. The molecule has 2 aromatic carbocycles. The zero-order valence-corrected chi connectivity index (χ0v) is 19.5. The van der Waals surface area contributed by atoms with Crippen LogP contribution in [0.2, 0.25) is 0 Å². The lowest BCUT2D eigenvalue weighted by molar-refractivity contribution is -0.384. The van der Waals surface area contributed by atoms with Crippen molar-refractivity contribution in [3.8, 4) is 0 Å². The van der Waals surface area contributed by atoms with E-state index in [9.17, 15) is 23.3 Å². The molecule has 2 atom stereocenters. The van der Waals surface area contributed by atoms with Gasteiger partial charge in [-0.25, -0.2) is 8.42 Å². The lowest BCUT2D eigenvalue weighted by atomic mass is 9.99. The maximum atomic E-state index is 13.2. The molecule has 0 heterocycles. The third-order valence-electron chi connectivity index (χ3n) is 5.23. The fourth-order valence-corrected chi connectivity index (χ4v) is 4.86. The van der Waals surface area contributed by atoms with E-state index < -0.39 is 26.9 Å². The Hall–Kier alpha value is -2.94. The summed E-state index contributed by atoms with van der Waals surface area (Å²) in [5, 5.41) is 14.1. The summed E-state index contributed by atoms with van der Waals surface area (Å²) in [6.45, 7) is 9.11. The minimum atomic E-state index is -3.90. The number of non-ortho nitro benzene ring substituents is 1. The zero-order valence-electron chi connectivity index (χ0n) is 18.7. The van der Waals surface area contributed by atoms with E-state index in [2.05, 4.69) is 5.32 Å². The fourth-order valence-electron chi connectivity index (χ4n) is 3.60. The zero-order chi connectivity index (χ0) is 23.5. The molecule has 2 rings (SSSR count). The second-order valence-electron chi connectivity index (χ2n) is 7.80. The van der Waals surface area contributed by atoms with Gasteiger partial charge in [-0.1, -0.05) is 36.8 Å². The first-order valence-corrected chi connectivity index (χ1v) is 11.8. The van der Waals surface area contributed by atoms with Gasteiger partial charge >= 0.3 is 0 Å². The molecule has 0 aliphatic heterocycles. The molecule has 31 heavy (non-hydrogen) atoms. The maximum absolute atomic E-state index is 13.2. The van der Waals surface area contributed by atoms with E-state index in [0.717, 1.165) is 27.3 Å². The van der Waals surface area contributed by atoms with Crippen molar-refractivity contribution in [3.05, 3.63) is 68.8 Å². The normalized spacial score (nSPS) is 13.4. The van der Waals surface area contributed by atoms with Crippen LogP contribution in [-0.2, 0) is 14.8 Å². The summed E-state index contributed by atoms with van der Waals surface area (Å²) in [6, 6.07) is 8.54. The first kappa shape index (κ1) is 24.3. The number of nitrogens with one attached hydrogen (secondary N) is 1. The van der Waals surface area contributed by atoms with Crippen LogP contribution in [0.1, 0.15) is 48.6 Å². The van der Waals surface area contributed by atoms with Crippen LogP contribution in [0.5, 0.6) is 0 Å². The number of nitrogens with zero attached hydrogens (tertiary/aromatic N) is 2. The first-order chi connectivity index (χ1) is 14.4. The van der Waals surface area contributed by atoms with Crippen molar-refractivity contribution < 1.29 is 18.1 Å². The minimum Gasteiger partial charge on any atom is -0.348 e. The van der Waals surface area contributed by atoms with Crippen LogP contribution in [-0.4, -0.2) is 31.5 Å². The van der Waals surface area contributed by atoms with Gasteiger partial charge in [-0.2, -0.15) is 0 Å². The van der Waals surface area contributed by atoms with E-state index in [-0.39, 0.29) is 23.8 Å². The van der Waals surface area contributed by atoms with E-state index in [1.54, 1.807) is 13.8 Å². The molecule has 0 unspecified atom stereocenters. The van der Waals surface area contributed by atoms with Gasteiger partial charge < -0.3 is 5.32 Å². The largest absolute Gasteiger partial charge is 0.348 e. The van der Waals surface area contributed by atoms with Crippen molar-refractivity contribution in [1.29, 1.82) is 0 Å². The fraction of sp³-hybridized carbons (Fsp3) is 0.409. The first-order valence-electron chi connectivity index (χ1n) is 9.98. The van der Waals surface area contributed by atoms with Crippen LogP contribution in [0, 0.1) is 30.9 Å². The van der Waals surface area contributed by atoms with Crippen molar-refractivity contribution in [2.45, 2.75) is 53.1 Å². The molecule has 0 aliphatic rings. The average molecular weight is 448 g/mol. The lowest BCUT2D eigenvalue weighted by Gasteiger charge is -2.32. The van der Waals surface area contributed by atoms with Gasteiger partial charge in [-0.15, -0.1) is 0 Å². The standard InChI is InChI=1S/C22H29N3O5S/c1-7-20(22(26)23-17(5)19-12-14(2)8-9-15(19)3)24(31(6,29)30)21-13-18(25(27)28)11-10-16(21)4/h8-13,17,20H,7H2,1-6H3,(H,23,26)/t17-,20+/m0/s1. The van der Waals surface area contributed by atoms with Gasteiger partial charge in [0.1, 0.15) is 6.04 Å². The number of hydrogen-bond acceptors (Lipinski definition) is 5. The van der Waals surface area contributed by atoms with E-state index in [4.69, 9.17) is 0 Å². The van der Waals surface area contributed by atoms with Crippen LogP contribution < -0.4 is 9.62 Å². The highest BCUT2D eigenvalue weighted by atomic mass is 32.2. The highest BCUT2D eigenvalue weighted by Gasteiger charge is 2.34. The van der Waals surface area contributed by atoms with Crippen molar-refractivity contribution >= 4 is 27.3 Å². The second-order valence-corrected chi connectivity index (χ2v) is 9.66. The molecule has 0 radical (unpaired) electrons. The molecule has 1 N–H and O–H groups in total. The summed E-state index contributed by atoms with van der Waals surface area (Å²) in [4.78, 5) is 23.8. The third kappa shape index (κ3) is 5.61. The number of hydrogen-bond donors (Lipinski definition) is 1. The Morgan fingerprint density at radius 3 is 2.29 bits per heavy atom. The molecular formula is C22H29N3O5S. The molecule has 9 heteroatoms. The Bertz CT molecular complexity index is 1100. The molecule has 0 saturated carbocycles. The molecule has 0 aliphatic carbocycles. The smallest absolute Gasteiger partial charge is 0.271 e. The number of amides is 1. The van der Waals surface area contributed by atoms with Gasteiger partial charge in [-0.05, 0) is 50.8 Å². The molecule has 8 nitrogen and oxygen atoms in total. The average Bonchev–Trinajstić information content (AvgIpc) is 2.67. The van der Waals surface area contributed by atoms with Gasteiger partial charge in [0.25, 0.3) is 5.69 Å². The lowest BCUT2D eigenvalue weighted by Crippen LogP contribution is -2.50. The number of rotatable bonds is 8. The summed E-state index contributed by atoms with van der Waals surface area (Å²) < 4.78 is 26.4. The van der Waals surface area contributed by atoms with E-state index in [1.165, 1.54) is 18.2 Å². The van der Waals surface area contributed by atoms with Crippen LogP contribution in [0.15, 0.2) is 36.4 Å². The number of nitro groups is 1. The molecule has 0 aromatic heterocycles. The molecule has 0 fully saturated rings. The van der Waals surface area contributed by atoms with Crippen LogP contribution in [0.25, 0.3) is 0 Å². The minimum absolute atomic E-state index is 0.123. The SMILES string of the molecule is CC[C@H](C(=O)N[C@@H](C)c1cc(C)ccc1C)N(c1cc([N+](=O)[O-])ccc1C)S(C)(=O)=O. The van der Waals surface area contributed by atoms with Crippen LogP contribution in [0.4, 0.5) is 11.4 Å². The number of aryl methyl sites for hydroxylation is 3. The highest BCUT2D eigenvalue weighted by Crippen LogP contribution is 2.30. The maximum Gasteiger partial charge on any atom is 0.271 e. The number of carbonyl (C=O) groups excluding carboxylic acids is 1. The van der Waals surface area contributed by atoms with Gasteiger partial charge in [0.2, 0.25) is 15.9 Å². The number of anilines is 1. The summed E-state index contributed by atoms with van der Waals surface area (Å²) >= 11 is 0. The van der Waals surface area contributed by atoms with E-state index in [0.29, 0.717) is 5.56 Å². The summed E-state index contributed by atoms with van der Waals surface area (Å²) in [5.41, 5.74) is 3.41. The summed E-state index contributed by atoms with van der Waals surface area (Å²) in [5.74, 6) is -0.466. The Morgan fingerprint density at radius 1 is 1.13 bits per heavy atom. The Kier molecular flexibility index (Phi) is 7.43. The number of nitro benzene ring substituents is 1. The van der Waals surface area contributed by atoms with Gasteiger partial charge in [0.15, 0.2) is 0 Å². The summed E-state index contributed by atoms with van der Waals surface area (Å²) in [7, 11) is -3.90. The highest BCUT2D eigenvalue weighted by molar-refractivity contribution is 7.92. The van der Waals surface area contributed by atoms with Crippen LogP contribution >= 0.6 is 0 Å². The topological polar surface area (TPSA) is 110 Å². The molecule has 0 saturated heterocycles. The number of benzene rings is 2. The van der Waals surface area contributed by atoms with E-state index >= 15 is 0 Å². The quantitative estimate of drug-likeness (QED) is 0.487. The molecule has 168 valence electrons. The molecular weight excluding hydrogens is 418 g/mol. The Balaban J connectivity index is 2.46. The molecule has 2 aromatic rings. The van der Waals surface area contributed by atoms with Crippen molar-refractivity contribution in [2.24, 2.45) is 0 Å². The van der Waals surface area contributed by atoms with Crippen molar-refractivity contribution in [1.82, 2.24) is 5.32 Å². The van der Waals surface area contributed by atoms with Crippen LogP contribution in [0.3, 0.4) is 0 Å². The van der Waals surface area contributed by atoms with Gasteiger partial charge in [0.05, 0.1) is 22.9 Å². The Labute approximate surface area is 183 Å². The Morgan fingerprint density at radius 2 is 1.74 bits per heavy atom. The summed E-state index contributed by atoms with van der Waals surface area (Å²) in [6.07, 6.45) is 1.19. The predicted octanol–water partition coefficient (Wildman–Crippen LogP) is 3.94. The number of sulfonamides is 1. The van der Waals surface area contributed by atoms with Crippen molar-refractivity contribution in [3.63, 3.8) is 0 Å². The predicted molar refractivity (Wildman–Crippen MR) is 122 cm³/mol. The van der Waals surface area contributed by atoms with Gasteiger partial charge in [0, 0.05) is 12.1 Å². The number of carbonyl (C=O) groups is 1. The second kappa shape index (κ2) is 9.47. The molecule has 0 spiro atoms. The molecule has 1 amide bonds. The third-order valence-corrected chi connectivity index (χ3v) is 6.40. The van der Waals surface area contributed by atoms with E-state index in [1.807, 2.05) is 39.0 Å². The van der Waals surface area contributed by atoms with Gasteiger partial charge in [-0.3, -0.25) is 19.2 Å². The van der Waals surface area contributed by atoms with Crippen molar-refractivity contribution in [2.75, 3.05) is 10.6 Å².